The van der Waals surface area contributed by atoms with E-state index in [0.29, 0.717) is 6.61 Å². The van der Waals surface area contributed by atoms with Crippen LogP contribution in [0.3, 0.4) is 0 Å². The summed E-state index contributed by atoms with van der Waals surface area (Å²) in [4.78, 5) is 0. The van der Waals surface area contributed by atoms with Crippen molar-refractivity contribution in [3.05, 3.63) is 41.7 Å². The maximum Gasteiger partial charge on any atom is 0.0969 e. The molecule has 2 rings (SSSR count). The Morgan fingerprint density at radius 2 is 2.16 bits per heavy atom. The fraction of sp³-hybridized carbons (Fsp3) is 0.429. The molecule has 2 aromatic rings. The van der Waals surface area contributed by atoms with Crippen LogP contribution in [0.4, 0.5) is 0 Å². The highest BCUT2D eigenvalue weighted by atomic mass is 16.5. The summed E-state index contributed by atoms with van der Waals surface area (Å²) in [5.74, 6) is 0. The molecule has 1 aromatic heterocycles. The van der Waals surface area contributed by atoms with E-state index in [1.807, 2.05) is 23.0 Å². The Hall–Kier alpha value is -1.72. The number of benzene rings is 1. The molecule has 5 nitrogen and oxygen atoms in total. The van der Waals surface area contributed by atoms with Gasteiger partial charge in [0.15, 0.2) is 0 Å². The molecule has 0 aliphatic rings. The van der Waals surface area contributed by atoms with E-state index in [1.165, 1.54) is 5.56 Å². The minimum atomic E-state index is 0.704. The third-order valence-electron chi connectivity index (χ3n) is 2.91. The Balaban J connectivity index is 2.18. The van der Waals surface area contributed by atoms with Crippen LogP contribution < -0.4 is 5.32 Å². The van der Waals surface area contributed by atoms with E-state index in [2.05, 4.69) is 34.7 Å². The lowest BCUT2D eigenvalue weighted by atomic mass is 10.1. The minimum absolute atomic E-state index is 0.704. The molecule has 19 heavy (non-hydrogen) atoms. The summed E-state index contributed by atoms with van der Waals surface area (Å²) in [7, 11) is 1.71. The van der Waals surface area contributed by atoms with Crippen LogP contribution in [0.15, 0.2) is 30.5 Å². The van der Waals surface area contributed by atoms with Crippen LogP contribution in [0.2, 0.25) is 0 Å². The molecule has 102 valence electrons. The van der Waals surface area contributed by atoms with Gasteiger partial charge in [-0.1, -0.05) is 30.3 Å². The third kappa shape index (κ3) is 3.62. The summed E-state index contributed by atoms with van der Waals surface area (Å²) in [5.41, 5.74) is 3.22. The second kappa shape index (κ2) is 7.01. The van der Waals surface area contributed by atoms with Crippen molar-refractivity contribution in [3.8, 4) is 5.69 Å². The minimum Gasteiger partial charge on any atom is -0.384 e. The van der Waals surface area contributed by atoms with Crippen LogP contribution in [0.25, 0.3) is 5.69 Å². The molecular weight excluding hydrogens is 240 g/mol. The number of nitrogens with zero attached hydrogens (tertiary/aromatic N) is 3. The lowest BCUT2D eigenvalue weighted by molar-refractivity contribution is 0.202. The number of hydrogen-bond donors (Lipinski definition) is 1. The maximum absolute atomic E-state index is 5.14. The largest absolute Gasteiger partial charge is 0.384 e. The zero-order chi connectivity index (χ0) is 13.5. The van der Waals surface area contributed by atoms with Gasteiger partial charge in [-0.2, -0.15) is 0 Å². The van der Waals surface area contributed by atoms with Crippen molar-refractivity contribution in [1.82, 2.24) is 20.3 Å². The summed E-state index contributed by atoms with van der Waals surface area (Å²) in [5, 5.41) is 11.6. The Bertz CT molecular complexity index is 510. The number of hydrogen-bond acceptors (Lipinski definition) is 4. The first-order valence-corrected chi connectivity index (χ1v) is 6.54. The predicted octanol–water partition coefficient (Wildman–Crippen LogP) is 1.57. The first-order chi connectivity index (χ1) is 9.35. The SMILES string of the molecule is CCNCc1cn(-c2ccccc2CCOC)nn1. The summed E-state index contributed by atoms with van der Waals surface area (Å²) in [6.45, 7) is 4.45. The fourth-order valence-corrected chi connectivity index (χ4v) is 1.91. The number of rotatable bonds is 7. The Morgan fingerprint density at radius 1 is 1.32 bits per heavy atom. The normalized spacial score (nSPS) is 10.8. The highest BCUT2D eigenvalue weighted by Gasteiger charge is 2.06. The quantitative estimate of drug-likeness (QED) is 0.821. The fourth-order valence-electron chi connectivity index (χ4n) is 1.91. The van der Waals surface area contributed by atoms with Gasteiger partial charge in [-0.15, -0.1) is 5.10 Å². The van der Waals surface area contributed by atoms with Gasteiger partial charge < -0.3 is 10.1 Å². The molecule has 0 aliphatic heterocycles. The number of para-hydroxylation sites is 1. The van der Waals surface area contributed by atoms with Crippen molar-refractivity contribution in [1.29, 1.82) is 0 Å². The van der Waals surface area contributed by atoms with Crippen LogP contribution in [-0.4, -0.2) is 35.3 Å². The van der Waals surface area contributed by atoms with Gasteiger partial charge in [0.2, 0.25) is 0 Å². The second-order valence-electron chi connectivity index (χ2n) is 4.31. The first-order valence-electron chi connectivity index (χ1n) is 6.54. The number of ether oxygens (including phenoxy) is 1. The standard InChI is InChI=1S/C14H20N4O/c1-3-15-10-13-11-18(17-16-13)14-7-5-4-6-12(14)8-9-19-2/h4-7,11,15H,3,8-10H2,1-2H3. The van der Waals surface area contributed by atoms with E-state index < -0.39 is 0 Å². The van der Waals surface area contributed by atoms with Crippen LogP contribution in [0, 0.1) is 0 Å². The number of aromatic nitrogens is 3. The maximum atomic E-state index is 5.14. The molecule has 0 radical (unpaired) electrons. The summed E-state index contributed by atoms with van der Waals surface area (Å²) >= 11 is 0. The first kappa shape index (κ1) is 13.7. The van der Waals surface area contributed by atoms with Crippen LogP contribution in [-0.2, 0) is 17.7 Å². The van der Waals surface area contributed by atoms with Gasteiger partial charge in [-0.05, 0) is 24.6 Å². The summed E-state index contributed by atoms with van der Waals surface area (Å²) < 4.78 is 6.97. The highest BCUT2D eigenvalue weighted by molar-refractivity contribution is 5.40. The molecule has 1 heterocycles. The molecule has 0 saturated carbocycles. The lowest BCUT2D eigenvalue weighted by Gasteiger charge is -2.08. The Labute approximate surface area is 113 Å². The van der Waals surface area contributed by atoms with Crippen molar-refractivity contribution in [3.63, 3.8) is 0 Å². The zero-order valence-corrected chi connectivity index (χ0v) is 11.5. The third-order valence-corrected chi connectivity index (χ3v) is 2.91. The van der Waals surface area contributed by atoms with Gasteiger partial charge in [0.1, 0.15) is 0 Å². The molecule has 0 spiro atoms. The number of methoxy groups -OCH3 is 1. The van der Waals surface area contributed by atoms with Crippen LogP contribution in [0.1, 0.15) is 18.2 Å². The van der Waals surface area contributed by atoms with E-state index in [-0.39, 0.29) is 0 Å². The van der Waals surface area contributed by atoms with E-state index in [0.717, 1.165) is 30.9 Å². The van der Waals surface area contributed by atoms with Gasteiger partial charge in [0, 0.05) is 13.7 Å². The molecule has 0 fully saturated rings. The van der Waals surface area contributed by atoms with Crippen molar-refractivity contribution >= 4 is 0 Å². The molecule has 5 heteroatoms. The Kier molecular flexibility index (Phi) is 5.06. The molecule has 0 unspecified atom stereocenters. The average Bonchev–Trinajstić information content (AvgIpc) is 2.92. The monoisotopic (exact) mass is 260 g/mol. The molecule has 1 N–H and O–H groups in total. The van der Waals surface area contributed by atoms with Gasteiger partial charge in [0.05, 0.1) is 24.2 Å². The van der Waals surface area contributed by atoms with Gasteiger partial charge in [-0.3, -0.25) is 0 Å². The zero-order valence-electron chi connectivity index (χ0n) is 11.5. The molecule has 0 amide bonds. The van der Waals surface area contributed by atoms with Crippen LogP contribution in [0.5, 0.6) is 0 Å². The van der Waals surface area contributed by atoms with Crippen LogP contribution >= 0.6 is 0 Å². The summed E-state index contributed by atoms with van der Waals surface area (Å²) in [6, 6.07) is 8.19. The summed E-state index contributed by atoms with van der Waals surface area (Å²) in [6.07, 6.45) is 2.84. The molecule has 0 bridgehead atoms. The van der Waals surface area contributed by atoms with Gasteiger partial charge >= 0.3 is 0 Å². The topological polar surface area (TPSA) is 52.0 Å². The molecule has 0 saturated heterocycles. The molecule has 1 aromatic carbocycles. The number of nitrogens with one attached hydrogen (secondary N) is 1. The van der Waals surface area contributed by atoms with E-state index in [4.69, 9.17) is 4.74 Å². The van der Waals surface area contributed by atoms with Crippen molar-refractivity contribution in [2.45, 2.75) is 19.9 Å². The predicted molar refractivity (Wildman–Crippen MR) is 74.3 cm³/mol. The van der Waals surface area contributed by atoms with Crippen molar-refractivity contribution in [2.24, 2.45) is 0 Å². The highest BCUT2D eigenvalue weighted by Crippen LogP contribution is 2.14. The molecule has 0 aliphatic carbocycles. The lowest BCUT2D eigenvalue weighted by Crippen LogP contribution is -2.11. The second-order valence-corrected chi connectivity index (χ2v) is 4.31. The smallest absolute Gasteiger partial charge is 0.0969 e. The van der Waals surface area contributed by atoms with Crippen molar-refractivity contribution < 1.29 is 4.74 Å². The molecular formula is C14H20N4O. The van der Waals surface area contributed by atoms with E-state index in [1.54, 1.807) is 7.11 Å². The van der Waals surface area contributed by atoms with Gasteiger partial charge in [0.25, 0.3) is 0 Å². The molecule has 0 atom stereocenters. The van der Waals surface area contributed by atoms with E-state index in [9.17, 15) is 0 Å². The van der Waals surface area contributed by atoms with Crippen molar-refractivity contribution in [2.75, 3.05) is 20.3 Å². The van der Waals surface area contributed by atoms with Gasteiger partial charge in [-0.25, -0.2) is 4.68 Å². The Morgan fingerprint density at radius 3 is 2.95 bits per heavy atom. The average molecular weight is 260 g/mol. The van der Waals surface area contributed by atoms with E-state index >= 15 is 0 Å².